The fourth-order valence-corrected chi connectivity index (χ4v) is 2.96. The molecule has 1 aliphatic heterocycles. The van der Waals surface area contributed by atoms with Crippen molar-refractivity contribution in [2.45, 2.75) is 39.0 Å². The van der Waals surface area contributed by atoms with Crippen LogP contribution in [0.1, 0.15) is 40.7 Å². The molecule has 24 heavy (non-hydrogen) atoms. The van der Waals surface area contributed by atoms with Gasteiger partial charge in [-0.05, 0) is 12.0 Å². The number of nitrogens with zero attached hydrogens (tertiary/aromatic N) is 2. The zero-order valence-corrected chi connectivity index (χ0v) is 14.0. The van der Waals surface area contributed by atoms with Gasteiger partial charge in [-0.15, -0.1) is 0 Å². The Morgan fingerprint density at radius 3 is 2.92 bits per heavy atom. The minimum atomic E-state index is -0.537. The number of H-pyrrole nitrogens is 1. The third kappa shape index (κ3) is 3.66. The van der Waals surface area contributed by atoms with Gasteiger partial charge in [0, 0.05) is 43.9 Å². The monoisotopic (exact) mass is 328 g/mol. The molecule has 1 atom stereocenters. The van der Waals surface area contributed by atoms with Crippen molar-refractivity contribution in [3.05, 3.63) is 52.8 Å². The second-order valence-corrected chi connectivity index (χ2v) is 6.19. The number of hydrogen-bond acceptors (Lipinski definition) is 4. The number of benzene rings is 1. The lowest BCUT2D eigenvalue weighted by molar-refractivity contribution is 0.0592. The van der Waals surface area contributed by atoms with Gasteiger partial charge in [0.15, 0.2) is 5.69 Å². The summed E-state index contributed by atoms with van der Waals surface area (Å²) in [7, 11) is 0. The summed E-state index contributed by atoms with van der Waals surface area (Å²) in [5.74, 6) is -0.132. The minimum absolute atomic E-state index is 0.132. The average Bonchev–Trinajstić information content (AvgIpc) is 3.05. The van der Waals surface area contributed by atoms with Gasteiger partial charge in [-0.25, -0.2) is 0 Å². The van der Waals surface area contributed by atoms with E-state index in [1.165, 1.54) is 0 Å². The quantitative estimate of drug-likeness (QED) is 0.750. The summed E-state index contributed by atoms with van der Waals surface area (Å²) in [5.41, 5.74) is 3.50. The molecule has 2 heterocycles. The van der Waals surface area contributed by atoms with Crippen molar-refractivity contribution in [3.8, 4) is 0 Å². The van der Waals surface area contributed by atoms with Gasteiger partial charge in [0.1, 0.15) is 0 Å². The highest BCUT2D eigenvalue weighted by atomic mass is 16.3. The minimum Gasteiger partial charge on any atom is -0.391 e. The molecule has 3 rings (SSSR count). The maximum atomic E-state index is 13.0. The van der Waals surface area contributed by atoms with Gasteiger partial charge < -0.3 is 15.3 Å². The Balaban J connectivity index is 1.84. The Morgan fingerprint density at radius 1 is 1.38 bits per heavy atom. The number of rotatable bonds is 6. The van der Waals surface area contributed by atoms with E-state index in [4.69, 9.17) is 0 Å². The molecule has 1 aliphatic rings. The van der Waals surface area contributed by atoms with Crippen LogP contribution in [0.3, 0.4) is 0 Å². The Kier molecular flexibility index (Phi) is 5.27. The molecular weight excluding hydrogens is 304 g/mol. The first-order valence-electron chi connectivity index (χ1n) is 8.47. The maximum Gasteiger partial charge on any atom is 0.275 e. The second kappa shape index (κ2) is 7.59. The molecule has 1 aromatic carbocycles. The van der Waals surface area contributed by atoms with E-state index in [9.17, 15) is 9.90 Å². The van der Waals surface area contributed by atoms with Gasteiger partial charge in [0.25, 0.3) is 5.91 Å². The number of aliphatic hydroxyl groups is 1. The normalized spacial score (nSPS) is 14.9. The van der Waals surface area contributed by atoms with Crippen LogP contribution in [0, 0.1) is 0 Å². The molecule has 6 nitrogen and oxygen atoms in total. The second-order valence-electron chi connectivity index (χ2n) is 6.19. The fourth-order valence-electron chi connectivity index (χ4n) is 2.96. The number of aliphatic hydroxyl groups excluding tert-OH is 1. The van der Waals surface area contributed by atoms with Crippen LogP contribution in [0.15, 0.2) is 30.3 Å². The van der Waals surface area contributed by atoms with Crippen molar-refractivity contribution >= 4 is 5.91 Å². The number of carbonyl (C=O) groups is 1. The average molecular weight is 328 g/mol. The van der Waals surface area contributed by atoms with E-state index in [-0.39, 0.29) is 5.91 Å². The largest absolute Gasteiger partial charge is 0.391 e. The summed E-state index contributed by atoms with van der Waals surface area (Å²) < 4.78 is 0. The third-order valence-electron chi connectivity index (χ3n) is 4.41. The Hall–Kier alpha value is -2.18. The van der Waals surface area contributed by atoms with Crippen LogP contribution in [-0.4, -0.2) is 45.3 Å². The first kappa shape index (κ1) is 16.7. The molecule has 0 fully saturated rings. The van der Waals surface area contributed by atoms with Gasteiger partial charge >= 0.3 is 0 Å². The highest BCUT2D eigenvalue weighted by Crippen LogP contribution is 2.18. The predicted octanol–water partition coefficient (Wildman–Crippen LogP) is 1.47. The van der Waals surface area contributed by atoms with Gasteiger partial charge in [-0.1, -0.05) is 37.3 Å². The highest BCUT2D eigenvalue weighted by molar-refractivity contribution is 5.94. The van der Waals surface area contributed by atoms with E-state index in [1.807, 2.05) is 37.3 Å². The molecule has 6 heteroatoms. The third-order valence-corrected chi connectivity index (χ3v) is 4.41. The Bertz CT molecular complexity index is 684. The van der Waals surface area contributed by atoms with Crippen molar-refractivity contribution < 1.29 is 9.90 Å². The van der Waals surface area contributed by atoms with Crippen molar-refractivity contribution in [1.82, 2.24) is 20.4 Å². The van der Waals surface area contributed by atoms with E-state index in [0.717, 1.165) is 29.8 Å². The fraction of sp³-hybridized carbons (Fsp3) is 0.444. The molecular formula is C18H24N4O2. The lowest BCUT2D eigenvalue weighted by atomic mass is 10.1. The lowest BCUT2D eigenvalue weighted by Crippen LogP contribution is -2.38. The number of aromatic amines is 1. The van der Waals surface area contributed by atoms with Crippen molar-refractivity contribution in [2.24, 2.45) is 0 Å². The van der Waals surface area contributed by atoms with Gasteiger partial charge in [-0.2, -0.15) is 5.10 Å². The zero-order valence-electron chi connectivity index (χ0n) is 14.0. The van der Waals surface area contributed by atoms with Gasteiger partial charge in [0.05, 0.1) is 6.10 Å². The van der Waals surface area contributed by atoms with E-state index < -0.39 is 6.10 Å². The van der Waals surface area contributed by atoms with Crippen LogP contribution in [0.25, 0.3) is 0 Å². The van der Waals surface area contributed by atoms with Crippen molar-refractivity contribution in [3.63, 3.8) is 0 Å². The summed E-state index contributed by atoms with van der Waals surface area (Å²) in [6.45, 7) is 4.23. The molecule has 3 N–H and O–H groups in total. The molecule has 0 radical (unpaired) electrons. The lowest BCUT2D eigenvalue weighted by Gasteiger charge is -2.25. The molecule has 0 saturated heterocycles. The van der Waals surface area contributed by atoms with Gasteiger partial charge in [-0.3, -0.25) is 9.89 Å². The Labute approximate surface area is 141 Å². The number of aromatic nitrogens is 2. The summed E-state index contributed by atoms with van der Waals surface area (Å²) in [4.78, 5) is 14.7. The van der Waals surface area contributed by atoms with Crippen molar-refractivity contribution in [1.29, 1.82) is 0 Å². The number of carbonyl (C=O) groups excluding carboxylic acids is 1. The Morgan fingerprint density at radius 2 is 2.17 bits per heavy atom. The SMILES string of the molecule is CCC(O)CN(Cc1ccccc1)C(=O)c1n[nH]c2c1CNCC2. The smallest absolute Gasteiger partial charge is 0.275 e. The number of hydrogen-bond donors (Lipinski definition) is 3. The van der Waals surface area contributed by atoms with E-state index in [0.29, 0.717) is 31.7 Å². The van der Waals surface area contributed by atoms with Crippen LogP contribution in [0.5, 0.6) is 0 Å². The topological polar surface area (TPSA) is 81.2 Å². The summed E-state index contributed by atoms with van der Waals surface area (Å²) in [6, 6.07) is 9.83. The summed E-state index contributed by atoms with van der Waals surface area (Å²) in [5, 5.41) is 20.6. The first-order chi connectivity index (χ1) is 11.7. The van der Waals surface area contributed by atoms with E-state index >= 15 is 0 Å². The molecule has 0 bridgehead atoms. The molecule has 0 spiro atoms. The standard InChI is InChI=1S/C18H24N4O2/c1-2-14(23)12-22(11-13-6-4-3-5-7-13)18(24)17-15-10-19-9-8-16(15)20-21-17/h3-7,14,19,23H,2,8-12H2,1H3,(H,20,21). The molecule has 1 aromatic heterocycles. The molecule has 128 valence electrons. The molecule has 2 aromatic rings. The van der Waals surface area contributed by atoms with Crippen LogP contribution >= 0.6 is 0 Å². The molecule has 0 aliphatic carbocycles. The van der Waals surface area contributed by atoms with Crippen molar-refractivity contribution in [2.75, 3.05) is 13.1 Å². The number of fused-ring (bicyclic) bond motifs is 1. The molecule has 1 amide bonds. The predicted molar refractivity (Wildman–Crippen MR) is 91.5 cm³/mol. The summed E-state index contributed by atoms with van der Waals surface area (Å²) >= 11 is 0. The number of nitrogens with one attached hydrogen (secondary N) is 2. The summed E-state index contributed by atoms with van der Waals surface area (Å²) in [6.07, 6.45) is 0.926. The van der Waals surface area contributed by atoms with Crippen LogP contribution in [0.4, 0.5) is 0 Å². The highest BCUT2D eigenvalue weighted by Gasteiger charge is 2.26. The maximum absolute atomic E-state index is 13.0. The molecule has 1 unspecified atom stereocenters. The van der Waals surface area contributed by atoms with E-state index in [1.54, 1.807) is 4.90 Å². The zero-order chi connectivity index (χ0) is 16.9. The van der Waals surface area contributed by atoms with Crippen LogP contribution in [-0.2, 0) is 19.5 Å². The first-order valence-corrected chi connectivity index (χ1v) is 8.47. The molecule has 0 saturated carbocycles. The van der Waals surface area contributed by atoms with Crippen LogP contribution < -0.4 is 5.32 Å². The van der Waals surface area contributed by atoms with Gasteiger partial charge in [0.2, 0.25) is 0 Å². The number of amides is 1. The van der Waals surface area contributed by atoms with Crippen LogP contribution in [0.2, 0.25) is 0 Å². The van der Waals surface area contributed by atoms with E-state index in [2.05, 4.69) is 15.5 Å².